The number of hydrogen-bond donors (Lipinski definition) is 0. The van der Waals surface area contributed by atoms with Crippen LogP contribution in [0.25, 0.3) is 0 Å². The van der Waals surface area contributed by atoms with Crippen molar-refractivity contribution in [3.8, 4) is 5.75 Å². The Morgan fingerprint density at radius 1 is 1.06 bits per heavy atom. The van der Waals surface area contributed by atoms with E-state index in [0.29, 0.717) is 12.8 Å². The number of benzene rings is 2. The zero-order valence-corrected chi connectivity index (χ0v) is 20.2. The van der Waals surface area contributed by atoms with Gasteiger partial charge in [0.05, 0.1) is 11.5 Å². The van der Waals surface area contributed by atoms with Gasteiger partial charge in [0, 0.05) is 31.1 Å². The average Bonchev–Trinajstić information content (AvgIpc) is 2.78. The largest absolute Gasteiger partial charge is 0.488 e. The van der Waals surface area contributed by atoms with E-state index in [4.69, 9.17) is 4.74 Å². The number of halogens is 3. The Hall–Kier alpha value is -2.59. The molecule has 34 heavy (non-hydrogen) atoms. The van der Waals surface area contributed by atoms with Crippen LogP contribution < -0.4 is 4.74 Å². The number of para-hydroxylation sites is 1. The Balaban J connectivity index is 1.56. The predicted molar refractivity (Wildman–Crippen MR) is 121 cm³/mol. The first kappa shape index (κ1) is 26.0. The highest BCUT2D eigenvalue weighted by Gasteiger charge is 2.39. The fourth-order valence-electron chi connectivity index (χ4n) is 4.00. The van der Waals surface area contributed by atoms with Crippen LogP contribution in [0.3, 0.4) is 0 Å². The van der Waals surface area contributed by atoms with Crippen molar-refractivity contribution in [1.29, 1.82) is 0 Å². The number of carbonyl (C=O) groups is 1. The molecule has 0 aliphatic carbocycles. The molecular weight excluding hydrogens is 469 g/mol. The predicted octanol–water partition coefficient (Wildman–Crippen LogP) is 4.21. The van der Waals surface area contributed by atoms with Crippen LogP contribution in [0.15, 0.2) is 47.4 Å². The summed E-state index contributed by atoms with van der Waals surface area (Å²) in [5, 5.41) is 0. The van der Waals surface area contributed by atoms with Crippen LogP contribution in [-0.4, -0.2) is 55.8 Å². The average molecular weight is 499 g/mol. The van der Waals surface area contributed by atoms with Crippen molar-refractivity contribution in [3.63, 3.8) is 0 Å². The Labute approximate surface area is 198 Å². The second-order valence-electron chi connectivity index (χ2n) is 9.05. The van der Waals surface area contributed by atoms with Gasteiger partial charge in [0.25, 0.3) is 0 Å². The molecule has 0 spiro atoms. The maximum Gasteiger partial charge on any atom is 0.243 e. The minimum atomic E-state index is -3.80. The molecule has 0 aromatic heterocycles. The molecule has 1 aliphatic rings. The maximum atomic E-state index is 13.7. The van der Waals surface area contributed by atoms with E-state index in [1.54, 1.807) is 25.7 Å². The number of piperazine rings is 1. The van der Waals surface area contributed by atoms with Crippen LogP contribution >= 0.6 is 0 Å². The topological polar surface area (TPSA) is 66.9 Å². The van der Waals surface area contributed by atoms with Crippen molar-refractivity contribution in [1.82, 2.24) is 9.21 Å². The molecule has 3 rings (SSSR count). The molecule has 2 aromatic rings. The van der Waals surface area contributed by atoms with E-state index in [1.165, 1.54) is 22.5 Å². The first-order valence-corrected chi connectivity index (χ1v) is 12.5. The summed E-state index contributed by atoms with van der Waals surface area (Å²) in [4.78, 5) is 14.9. The van der Waals surface area contributed by atoms with Crippen LogP contribution in [0.1, 0.15) is 33.6 Å². The van der Waals surface area contributed by atoms with Crippen LogP contribution in [0.5, 0.6) is 5.75 Å². The molecule has 10 heteroatoms. The van der Waals surface area contributed by atoms with Crippen molar-refractivity contribution in [2.75, 3.05) is 26.2 Å². The van der Waals surface area contributed by atoms with Gasteiger partial charge in [-0.3, -0.25) is 4.79 Å². The Kier molecular flexibility index (Phi) is 7.92. The normalized spacial score (nSPS) is 17.6. The molecule has 2 aromatic carbocycles. The van der Waals surface area contributed by atoms with Gasteiger partial charge in [-0.2, -0.15) is 4.31 Å². The summed E-state index contributed by atoms with van der Waals surface area (Å²) in [5.41, 5.74) is -0.774. The summed E-state index contributed by atoms with van der Waals surface area (Å²) < 4.78 is 72.8. The van der Waals surface area contributed by atoms with Crippen molar-refractivity contribution >= 4 is 15.9 Å². The van der Waals surface area contributed by atoms with Crippen molar-refractivity contribution in [2.24, 2.45) is 5.41 Å². The molecule has 186 valence electrons. The lowest BCUT2D eigenvalue weighted by atomic mass is 9.85. The van der Waals surface area contributed by atoms with Gasteiger partial charge in [0.1, 0.15) is 5.82 Å². The minimum absolute atomic E-state index is 0.00694. The minimum Gasteiger partial charge on any atom is -0.488 e. The quantitative estimate of drug-likeness (QED) is 0.512. The second-order valence-corrected chi connectivity index (χ2v) is 11.0. The molecule has 1 atom stereocenters. The highest BCUT2D eigenvalue weighted by Crippen LogP contribution is 2.29. The lowest BCUT2D eigenvalue weighted by Gasteiger charge is -2.42. The first-order valence-electron chi connectivity index (χ1n) is 11.1. The number of hydrogen-bond acceptors (Lipinski definition) is 4. The van der Waals surface area contributed by atoms with Crippen LogP contribution in [0.2, 0.25) is 0 Å². The number of sulfonamides is 1. The summed E-state index contributed by atoms with van der Waals surface area (Å²) in [6.45, 7) is 5.87. The molecule has 1 amide bonds. The smallest absolute Gasteiger partial charge is 0.243 e. The van der Waals surface area contributed by atoms with E-state index >= 15 is 0 Å². The lowest BCUT2D eigenvalue weighted by molar-refractivity contribution is -0.144. The SMILES string of the molecule is CC1CN(S(=O)(=O)c2ccc(F)cc2)CCN1C(=O)C(C)(C)CCCOc1c(F)cccc1F. The summed E-state index contributed by atoms with van der Waals surface area (Å²) in [6.07, 6.45) is 0.822. The Bertz CT molecular complexity index is 1100. The fraction of sp³-hybridized carbons (Fsp3) is 0.458. The Morgan fingerprint density at radius 2 is 1.68 bits per heavy atom. The van der Waals surface area contributed by atoms with E-state index in [0.717, 1.165) is 24.3 Å². The maximum absolute atomic E-state index is 13.7. The van der Waals surface area contributed by atoms with Gasteiger partial charge in [-0.25, -0.2) is 21.6 Å². The molecule has 1 fully saturated rings. The second kappa shape index (κ2) is 10.4. The van der Waals surface area contributed by atoms with E-state index in [2.05, 4.69) is 0 Å². The fourth-order valence-corrected chi connectivity index (χ4v) is 5.52. The molecule has 0 saturated carbocycles. The third kappa shape index (κ3) is 5.72. The third-order valence-electron chi connectivity index (χ3n) is 5.99. The van der Waals surface area contributed by atoms with Gasteiger partial charge in [0.2, 0.25) is 15.9 Å². The van der Waals surface area contributed by atoms with Gasteiger partial charge < -0.3 is 9.64 Å². The molecule has 1 heterocycles. The molecule has 6 nitrogen and oxygen atoms in total. The number of amides is 1. The van der Waals surface area contributed by atoms with Crippen LogP contribution in [-0.2, 0) is 14.8 Å². The molecule has 0 N–H and O–H groups in total. The zero-order valence-electron chi connectivity index (χ0n) is 19.4. The first-order chi connectivity index (χ1) is 15.9. The van der Waals surface area contributed by atoms with Gasteiger partial charge >= 0.3 is 0 Å². The van der Waals surface area contributed by atoms with E-state index < -0.39 is 38.6 Å². The summed E-state index contributed by atoms with van der Waals surface area (Å²) in [6, 6.07) is 7.78. The van der Waals surface area contributed by atoms with Crippen molar-refractivity contribution in [3.05, 3.63) is 59.9 Å². The summed E-state index contributed by atoms with van der Waals surface area (Å²) in [7, 11) is -3.80. The molecule has 1 saturated heterocycles. The van der Waals surface area contributed by atoms with Crippen molar-refractivity contribution in [2.45, 2.75) is 44.6 Å². The van der Waals surface area contributed by atoms with Crippen molar-refractivity contribution < 1.29 is 31.1 Å². The molecule has 1 aliphatic heterocycles. The van der Waals surface area contributed by atoms with Gasteiger partial charge in [-0.15, -0.1) is 0 Å². The third-order valence-corrected chi connectivity index (χ3v) is 7.87. The highest BCUT2D eigenvalue weighted by molar-refractivity contribution is 7.89. The van der Waals surface area contributed by atoms with E-state index in [1.807, 2.05) is 0 Å². The Morgan fingerprint density at radius 3 is 2.26 bits per heavy atom. The summed E-state index contributed by atoms with van der Waals surface area (Å²) in [5.74, 6) is -2.64. The molecular formula is C24H29F3N2O4S. The van der Waals surface area contributed by atoms with Crippen LogP contribution in [0, 0.1) is 22.9 Å². The summed E-state index contributed by atoms with van der Waals surface area (Å²) >= 11 is 0. The number of nitrogens with zero attached hydrogens (tertiary/aromatic N) is 2. The zero-order chi connectivity index (χ0) is 25.1. The highest BCUT2D eigenvalue weighted by atomic mass is 32.2. The lowest BCUT2D eigenvalue weighted by Crippen LogP contribution is -2.57. The van der Waals surface area contributed by atoms with Gasteiger partial charge in [-0.05, 0) is 56.2 Å². The molecule has 1 unspecified atom stereocenters. The number of carbonyl (C=O) groups excluding carboxylic acids is 1. The van der Waals surface area contributed by atoms with Gasteiger partial charge in [-0.1, -0.05) is 19.9 Å². The standard InChI is InChI=1S/C24H29F3N2O4S/c1-17-16-28(34(31,32)19-10-8-18(25)9-11-19)13-14-29(17)23(30)24(2,3)12-5-15-33-22-20(26)6-4-7-21(22)27/h4,6-11,17H,5,12-16H2,1-3H3. The van der Waals surface area contributed by atoms with E-state index in [-0.39, 0.29) is 43.1 Å². The van der Waals surface area contributed by atoms with E-state index in [9.17, 15) is 26.4 Å². The van der Waals surface area contributed by atoms with Gasteiger partial charge in [0.15, 0.2) is 17.4 Å². The van der Waals surface area contributed by atoms with Crippen LogP contribution in [0.4, 0.5) is 13.2 Å². The molecule has 0 radical (unpaired) electrons. The molecule has 0 bridgehead atoms. The monoisotopic (exact) mass is 498 g/mol. The number of ether oxygens (including phenoxy) is 1. The number of rotatable bonds is 8.